The van der Waals surface area contributed by atoms with Gasteiger partial charge in [-0.25, -0.2) is 0 Å². The Labute approximate surface area is 116 Å². The number of rotatable bonds is 5. The summed E-state index contributed by atoms with van der Waals surface area (Å²) >= 11 is 0. The van der Waals surface area contributed by atoms with Crippen molar-refractivity contribution in [3.05, 3.63) is 0 Å². The fourth-order valence-corrected chi connectivity index (χ4v) is 2.67. The van der Waals surface area contributed by atoms with E-state index in [9.17, 15) is 9.59 Å². The van der Waals surface area contributed by atoms with Gasteiger partial charge in [0.25, 0.3) is 0 Å². The zero-order chi connectivity index (χ0) is 14.8. The lowest BCUT2D eigenvalue weighted by molar-refractivity contribution is -0.158. The van der Waals surface area contributed by atoms with E-state index in [4.69, 9.17) is 0 Å². The molecule has 1 saturated heterocycles. The van der Waals surface area contributed by atoms with Crippen molar-refractivity contribution in [2.75, 3.05) is 0 Å². The molecular weight excluding hydrogens is 240 g/mol. The summed E-state index contributed by atoms with van der Waals surface area (Å²) in [5, 5.41) is 2.90. The van der Waals surface area contributed by atoms with Gasteiger partial charge in [0, 0.05) is 6.04 Å². The Morgan fingerprint density at radius 2 is 1.84 bits per heavy atom. The highest BCUT2D eigenvalue weighted by Crippen LogP contribution is 2.28. The van der Waals surface area contributed by atoms with Crippen LogP contribution in [0.25, 0.3) is 0 Å². The van der Waals surface area contributed by atoms with Crippen LogP contribution >= 0.6 is 0 Å². The minimum atomic E-state index is -0.746. The minimum absolute atomic E-state index is 0.0124. The van der Waals surface area contributed by atoms with Gasteiger partial charge in [-0.3, -0.25) is 9.59 Å². The molecule has 0 aromatic rings. The number of amides is 2. The molecule has 4 heteroatoms. The molecule has 1 N–H and O–H groups in total. The van der Waals surface area contributed by atoms with Crippen molar-refractivity contribution in [1.82, 2.24) is 10.2 Å². The van der Waals surface area contributed by atoms with E-state index in [-0.39, 0.29) is 23.9 Å². The first-order valence-electron chi connectivity index (χ1n) is 7.47. The van der Waals surface area contributed by atoms with Crippen LogP contribution in [0.2, 0.25) is 0 Å². The normalized spacial score (nSPS) is 31.1. The van der Waals surface area contributed by atoms with Crippen molar-refractivity contribution < 1.29 is 9.59 Å². The highest BCUT2D eigenvalue weighted by Gasteiger charge is 2.48. The number of piperazine rings is 1. The minimum Gasteiger partial charge on any atom is -0.340 e. The van der Waals surface area contributed by atoms with Crippen molar-refractivity contribution in [3.63, 3.8) is 0 Å². The van der Waals surface area contributed by atoms with Crippen LogP contribution in [-0.4, -0.2) is 34.3 Å². The quantitative estimate of drug-likeness (QED) is 0.832. The third-order valence-electron chi connectivity index (χ3n) is 4.74. The van der Waals surface area contributed by atoms with E-state index < -0.39 is 5.54 Å². The Balaban J connectivity index is 3.13. The Kier molecular flexibility index (Phi) is 4.99. The first-order valence-corrected chi connectivity index (χ1v) is 7.47. The summed E-state index contributed by atoms with van der Waals surface area (Å²) < 4.78 is 0. The van der Waals surface area contributed by atoms with Crippen LogP contribution in [0, 0.1) is 5.92 Å². The van der Waals surface area contributed by atoms with E-state index in [1.807, 2.05) is 25.7 Å². The number of carbonyl (C=O) groups is 2. The van der Waals surface area contributed by atoms with Gasteiger partial charge in [-0.1, -0.05) is 34.1 Å². The SMILES string of the molecule is CCC(C)C(C)N1C(=O)C(C)(CC)NC(=O)C1CC. The van der Waals surface area contributed by atoms with E-state index in [1.54, 1.807) is 0 Å². The zero-order valence-electron chi connectivity index (χ0n) is 13.1. The van der Waals surface area contributed by atoms with Gasteiger partial charge in [-0.05, 0) is 32.6 Å². The predicted octanol–water partition coefficient (Wildman–Crippen LogP) is 2.33. The van der Waals surface area contributed by atoms with Crippen LogP contribution in [-0.2, 0) is 9.59 Å². The highest BCUT2D eigenvalue weighted by atomic mass is 16.2. The van der Waals surface area contributed by atoms with Crippen molar-refractivity contribution in [3.8, 4) is 0 Å². The molecule has 0 bridgehead atoms. The molecule has 1 aliphatic rings. The van der Waals surface area contributed by atoms with Gasteiger partial charge in [0.15, 0.2) is 0 Å². The molecule has 4 atom stereocenters. The average molecular weight is 268 g/mol. The van der Waals surface area contributed by atoms with E-state index >= 15 is 0 Å². The fraction of sp³-hybridized carbons (Fsp3) is 0.867. The second-order valence-corrected chi connectivity index (χ2v) is 5.94. The van der Waals surface area contributed by atoms with Gasteiger partial charge in [0.2, 0.25) is 11.8 Å². The van der Waals surface area contributed by atoms with Crippen LogP contribution in [0.3, 0.4) is 0 Å². The van der Waals surface area contributed by atoms with Gasteiger partial charge in [0.05, 0.1) is 0 Å². The first-order chi connectivity index (χ1) is 8.82. The van der Waals surface area contributed by atoms with E-state index in [0.29, 0.717) is 18.8 Å². The molecule has 1 heterocycles. The molecule has 0 spiro atoms. The topological polar surface area (TPSA) is 49.4 Å². The Morgan fingerprint density at radius 1 is 1.26 bits per heavy atom. The number of hydrogen-bond donors (Lipinski definition) is 1. The van der Waals surface area contributed by atoms with Crippen LogP contribution in [0.15, 0.2) is 0 Å². The second kappa shape index (κ2) is 5.93. The summed E-state index contributed by atoms with van der Waals surface area (Å²) in [5.41, 5.74) is -0.746. The first kappa shape index (κ1) is 16.0. The van der Waals surface area contributed by atoms with Crippen molar-refractivity contribution in [2.45, 2.75) is 78.4 Å². The summed E-state index contributed by atoms with van der Waals surface area (Å²) in [6, 6.07) is -0.226. The smallest absolute Gasteiger partial charge is 0.248 e. The summed E-state index contributed by atoms with van der Waals surface area (Å²) in [7, 11) is 0. The molecular formula is C15H28N2O2. The van der Waals surface area contributed by atoms with Gasteiger partial charge in [-0.15, -0.1) is 0 Å². The number of nitrogens with one attached hydrogen (secondary N) is 1. The van der Waals surface area contributed by atoms with Gasteiger partial charge >= 0.3 is 0 Å². The summed E-state index contributed by atoms with van der Waals surface area (Å²) in [6.45, 7) is 12.0. The highest BCUT2D eigenvalue weighted by molar-refractivity contribution is 5.99. The molecule has 2 amide bonds. The molecule has 1 rings (SSSR count). The lowest BCUT2D eigenvalue weighted by Crippen LogP contribution is -2.71. The van der Waals surface area contributed by atoms with E-state index in [2.05, 4.69) is 26.1 Å². The lowest BCUT2D eigenvalue weighted by Gasteiger charge is -2.47. The monoisotopic (exact) mass is 268 g/mol. The zero-order valence-corrected chi connectivity index (χ0v) is 13.1. The molecule has 1 fully saturated rings. The molecule has 0 aromatic heterocycles. The maximum atomic E-state index is 12.8. The van der Waals surface area contributed by atoms with Crippen molar-refractivity contribution in [1.29, 1.82) is 0 Å². The third-order valence-corrected chi connectivity index (χ3v) is 4.74. The van der Waals surface area contributed by atoms with Crippen molar-refractivity contribution in [2.24, 2.45) is 5.92 Å². The fourth-order valence-electron chi connectivity index (χ4n) is 2.67. The molecule has 110 valence electrons. The number of carbonyl (C=O) groups excluding carboxylic acids is 2. The molecule has 4 nitrogen and oxygen atoms in total. The molecule has 4 unspecified atom stereocenters. The molecule has 0 saturated carbocycles. The molecule has 0 radical (unpaired) electrons. The lowest BCUT2D eigenvalue weighted by atomic mass is 9.87. The average Bonchev–Trinajstić information content (AvgIpc) is 2.40. The van der Waals surface area contributed by atoms with Gasteiger partial charge in [-0.2, -0.15) is 0 Å². The number of hydrogen-bond acceptors (Lipinski definition) is 2. The Morgan fingerprint density at radius 3 is 2.26 bits per heavy atom. The second-order valence-electron chi connectivity index (χ2n) is 5.94. The van der Waals surface area contributed by atoms with Crippen molar-refractivity contribution >= 4 is 11.8 Å². The third kappa shape index (κ3) is 2.77. The largest absolute Gasteiger partial charge is 0.340 e. The summed E-state index contributed by atoms with van der Waals surface area (Å²) in [4.78, 5) is 26.9. The standard InChI is InChI=1S/C15H28N2O2/c1-7-10(4)11(5)17-12(8-2)13(18)16-15(6,9-3)14(17)19/h10-12H,7-9H2,1-6H3,(H,16,18). The molecule has 1 aliphatic heterocycles. The van der Waals surface area contributed by atoms with Crippen LogP contribution in [0.1, 0.15) is 60.8 Å². The van der Waals surface area contributed by atoms with Crippen LogP contribution in [0.4, 0.5) is 0 Å². The van der Waals surface area contributed by atoms with E-state index in [1.165, 1.54) is 0 Å². The molecule has 0 aromatic carbocycles. The summed E-state index contributed by atoms with van der Waals surface area (Å²) in [6.07, 6.45) is 2.29. The molecule has 19 heavy (non-hydrogen) atoms. The van der Waals surface area contributed by atoms with Gasteiger partial charge in [0.1, 0.15) is 11.6 Å². The Hall–Kier alpha value is -1.06. The summed E-state index contributed by atoms with van der Waals surface area (Å²) in [5.74, 6) is 0.445. The van der Waals surface area contributed by atoms with E-state index in [0.717, 1.165) is 6.42 Å². The Bertz CT molecular complexity index is 356. The maximum Gasteiger partial charge on any atom is 0.248 e. The number of nitrogens with zero attached hydrogens (tertiary/aromatic N) is 1. The predicted molar refractivity (Wildman–Crippen MR) is 76.7 cm³/mol. The van der Waals surface area contributed by atoms with Crippen LogP contribution < -0.4 is 5.32 Å². The molecule has 0 aliphatic carbocycles. The maximum absolute atomic E-state index is 12.8. The van der Waals surface area contributed by atoms with Gasteiger partial charge < -0.3 is 10.2 Å². The van der Waals surface area contributed by atoms with Crippen LogP contribution in [0.5, 0.6) is 0 Å².